The molecule has 0 spiro atoms. The Labute approximate surface area is 281 Å². The van der Waals surface area contributed by atoms with Crippen LogP contribution in [0.15, 0.2) is 42.5 Å². The summed E-state index contributed by atoms with van der Waals surface area (Å²) in [5, 5.41) is 12.8. The van der Waals surface area contributed by atoms with Crippen molar-refractivity contribution < 1.29 is 28.8 Å². The molecule has 2 aromatic carbocycles. The first-order chi connectivity index (χ1) is 22.3. The van der Waals surface area contributed by atoms with Gasteiger partial charge in [0.1, 0.15) is 23.7 Å². The van der Waals surface area contributed by atoms with Crippen molar-refractivity contribution in [3.8, 4) is 11.5 Å². The molecule has 1 aromatic heterocycles. The summed E-state index contributed by atoms with van der Waals surface area (Å²) in [4.78, 5) is 1.19. The minimum Gasteiger partial charge on any atom is -0.507 e. The first-order valence-electron chi connectivity index (χ1n) is 17.8. The van der Waals surface area contributed by atoms with Crippen LogP contribution in [-0.2, 0) is 24.4 Å². The third-order valence-corrected chi connectivity index (χ3v) is 10.4. The standard InChI is InChI=1S/C39H58O6S/c1-7-11-19-41-27-29-24-34(43-21-13-9-3)38(44-22-14-10-4)37(45-29)30-25-31(32(40)26-33(30)42-20-12-8-2)39(5,6)36-23-28-17-15-16-18-35(28)46-36/h15-18,23,25-26,29,34,37-38,40H,7-14,19-22,24,27H2,1-6H3/t29-,34-,37-,38+/m0/s1. The number of benzene rings is 2. The number of phenols is 1. The molecule has 1 aliphatic heterocycles. The normalized spacial score (nSPS) is 20.4. The molecule has 1 fully saturated rings. The van der Waals surface area contributed by atoms with Crippen molar-refractivity contribution in [1.82, 2.24) is 0 Å². The quantitative estimate of drug-likeness (QED) is 0.122. The maximum atomic E-state index is 11.6. The van der Waals surface area contributed by atoms with E-state index >= 15 is 0 Å². The molecule has 0 saturated carbocycles. The first-order valence-corrected chi connectivity index (χ1v) is 18.6. The zero-order chi connectivity index (χ0) is 32.9. The Morgan fingerprint density at radius 2 is 1.52 bits per heavy atom. The van der Waals surface area contributed by atoms with Gasteiger partial charge >= 0.3 is 0 Å². The summed E-state index contributed by atoms with van der Waals surface area (Å²) in [5.41, 5.74) is 1.29. The summed E-state index contributed by atoms with van der Waals surface area (Å²) in [7, 11) is 0. The van der Waals surface area contributed by atoms with E-state index in [2.05, 4.69) is 77.9 Å². The van der Waals surface area contributed by atoms with E-state index in [1.165, 1.54) is 15.0 Å². The van der Waals surface area contributed by atoms with E-state index in [1.807, 2.05) is 0 Å². The Morgan fingerprint density at radius 3 is 2.24 bits per heavy atom. The number of ether oxygens (including phenoxy) is 5. The average molecular weight is 655 g/mol. The first kappa shape index (κ1) is 36.7. The number of phenolic OH excluding ortho intramolecular Hbond substituents is 1. The van der Waals surface area contributed by atoms with Gasteiger partial charge in [0.15, 0.2) is 0 Å². The Hall–Kier alpha value is -2.16. The molecule has 2 heterocycles. The molecular formula is C39H58O6S. The maximum absolute atomic E-state index is 11.6. The van der Waals surface area contributed by atoms with Crippen molar-refractivity contribution in [2.45, 2.75) is 129 Å². The molecule has 1 aliphatic rings. The zero-order valence-electron chi connectivity index (χ0n) is 29.1. The molecule has 0 radical (unpaired) electrons. The van der Waals surface area contributed by atoms with E-state index < -0.39 is 11.5 Å². The van der Waals surface area contributed by atoms with Crippen molar-refractivity contribution >= 4 is 21.4 Å². The summed E-state index contributed by atoms with van der Waals surface area (Å²) >= 11 is 1.77. The van der Waals surface area contributed by atoms with Gasteiger partial charge in [-0.05, 0) is 49.3 Å². The molecule has 0 bridgehead atoms. The Kier molecular flexibility index (Phi) is 14.7. The molecule has 6 nitrogen and oxygen atoms in total. The van der Waals surface area contributed by atoms with Gasteiger partial charge in [-0.2, -0.15) is 0 Å². The number of fused-ring (bicyclic) bond motifs is 1. The minimum absolute atomic E-state index is 0.140. The fraction of sp³-hybridized carbons (Fsp3) is 0.641. The molecule has 0 aliphatic carbocycles. The molecule has 7 heteroatoms. The van der Waals surface area contributed by atoms with Gasteiger partial charge in [-0.3, -0.25) is 0 Å². The van der Waals surface area contributed by atoms with Gasteiger partial charge in [0.2, 0.25) is 0 Å². The molecule has 1 saturated heterocycles. The second kappa shape index (κ2) is 18.4. The minimum atomic E-state index is -0.461. The smallest absolute Gasteiger partial charge is 0.128 e. The largest absolute Gasteiger partial charge is 0.507 e. The van der Waals surface area contributed by atoms with Crippen LogP contribution < -0.4 is 4.74 Å². The van der Waals surface area contributed by atoms with Crippen LogP contribution in [0.1, 0.15) is 121 Å². The van der Waals surface area contributed by atoms with Gasteiger partial charge in [0.05, 0.1) is 25.4 Å². The fourth-order valence-electron chi connectivity index (χ4n) is 6.03. The van der Waals surface area contributed by atoms with Crippen LogP contribution >= 0.6 is 11.3 Å². The molecular weight excluding hydrogens is 596 g/mol. The number of hydrogen-bond acceptors (Lipinski definition) is 7. The Bertz CT molecular complexity index is 1290. The lowest BCUT2D eigenvalue weighted by Crippen LogP contribution is -2.48. The molecule has 256 valence electrons. The molecule has 0 amide bonds. The van der Waals surface area contributed by atoms with Gasteiger partial charge in [-0.25, -0.2) is 0 Å². The number of unbranched alkanes of at least 4 members (excludes halogenated alkanes) is 4. The second-order valence-corrected chi connectivity index (χ2v) is 14.3. The highest BCUT2D eigenvalue weighted by Gasteiger charge is 2.43. The van der Waals surface area contributed by atoms with Crippen LogP contribution in [0.4, 0.5) is 0 Å². The van der Waals surface area contributed by atoms with Crippen molar-refractivity contribution in [2.75, 3.05) is 33.0 Å². The van der Waals surface area contributed by atoms with Crippen LogP contribution in [0, 0.1) is 0 Å². The SMILES string of the molecule is CCCCOC[C@@H]1C[C@H](OCCCC)[C@@H](OCCCC)[C@H](c2cc(C(C)(C)c3cc4ccccc4s3)c(O)cc2OCCCC)O1. The van der Waals surface area contributed by atoms with Crippen molar-refractivity contribution in [3.63, 3.8) is 0 Å². The third kappa shape index (κ3) is 9.47. The van der Waals surface area contributed by atoms with Crippen LogP contribution in [0.2, 0.25) is 0 Å². The summed E-state index contributed by atoms with van der Waals surface area (Å²) in [5.74, 6) is 0.878. The number of aromatic hydroxyl groups is 1. The van der Waals surface area contributed by atoms with Gasteiger partial charge < -0.3 is 28.8 Å². The highest BCUT2D eigenvalue weighted by Crippen LogP contribution is 2.47. The number of rotatable bonds is 20. The van der Waals surface area contributed by atoms with E-state index in [0.29, 0.717) is 38.6 Å². The summed E-state index contributed by atoms with van der Waals surface area (Å²) in [6.45, 7) is 16.2. The van der Waals surface area contributed by atoms with Crippen LogP contribution in [0.5, 0.6) is 11.5 Å². The molecule has 0 unspecified atom stereocenters. The highest BCUT2D eigenvalue weighted by molar-refractivity contribution is 7.19. The monoisotopic (exact) mass is 654 g/mol. The van der Waals surface area contributed by atoms with Crippen LogP contribution in [0.25, 0.3) is 10.1 Å². The van der Waals surface area contributed by atoms with Gasteiger partial charge in [-0.15, -0.1) is 11.3 Å². The molecule has 46 heavy (non-hydrogen) atoms. The predicted molar refractivity (Wildman–Crippen MR) is 190 cm³/mol. The topological polar surface area (TPSA) is 66.4 Å². The second-order valence-electron chi connectivity index (χ2n) is 13.2. The lowest BCUT2D eigenvalue weighted by atomic mass is 9.80. The number of hydrogen-bond donors (Lipinski definition) is 1. The summed E-state index contributed by atoms with van der Waals surface area (Å²) in [6, 6.07) is 14.6. The van der Waals surface area contributed by atoms with Gasteiger partial charge in [-0.1, -0.05) is 85.4 Å². The van der Waals surface area contributed by atoms with E-state index in [4.69, 9.17) is 23.7 Å². The average Bonchev–Trinajstić information content (AvgIpc) is 3.50. The zero-order valence-corrected chi connectivity index (χ0v) is 30.0. The van der Waals surface area contributed by atoms with E-state index in [1.54, 1.807) is 17.4 Å². The van der Waals surface area contributed by atoms with E-state index in [0.717, 1.165) is 69.1 Å². The summed E-state index contributed by atoms with van der Waals surface area (Å²) < 4.78 is 34.0. The van der Waals surface area contributed by atoms with Crippen molar-refractivity contribution in [1.29, 1.82) is 0 Å². The van der Waals surface area contributed by atoms with Crippen LogP contribution in [-0.4, -0.2) is 56.5 Å². The Morgan fingerprint density at radius 1 is 0.848 bits per heavy atom. The molecule has 4 rings (SSSR count). The summed E-state index contributed by atoms with van der Waals surface area (Å²) in [6.07, 6.45) is 7.83. The van der Waals surface area contributed by atoms with Gasteiger partial charge in [0.25, 0.3) is 0 Å². The lowest BCUT2D eigenvalue weighted by molar-refractivity contribution is -0.213. The third-order valence-electron chi connectivity index (χ3n) is 8.99. The number of thiophene rings is 1. The van der Waals surface area contributed by atoms with E-state index in [9.17, 15) is 5.11 Å². The van der Waals surface area contributed by atoms with Crippen LogP contribution in [0.3, 0.4) is 0 Å². The molecule has 3 aromatic rings. The van der Waals surface area contributed by atoms with Crippen molar-refractivity contribution in [2.24, 2.45) is 0 Å². The molecule has 1 N–H and O–H groups in total. The van der Waals surface area contributed by atoms with Crippen molar-refractivity contribution in [3.05, 3.63) is 58.5 Å². The highest BCUT2D eigenvalue weighted by atomic mass is 32.1. The van der Waals surface area contributed by atoms with E-state index in [-0.39, 0.29) is 24.1 Å². The molecule has 4 atom stereocenters. The lowest BCUT2D eigenvalue weighted by Gasteiger charge is -2.42. The predicted octanol–water partition coefficient (Wildman–Crippen LogP) is 10.1. The maximum Gasteiger partial charge on any atom is 0.128 e. The Balaban J connectivity index is 1.79. The van der Waals surface area contributed by atoms with Gasteiger partial charge in [0, 0.05) is 58.4 Å². The fourth-order valence-corrected chi connectivity index (χ4v) is 7.21.